The molecule has 4 rings (SSSR count). The van der Waals surface area contributed by atoms with E-state index in [4.69, 9.17) is 4.74 Å². The molecule has 0 aliphatic heterocycles. The Labute approximate surface area is 180 Å². The van der Waals surface area contributed by atoms with Gasteiger partial charge < -0.3 is 10.1 Å². The lowest BCUT2D eigenvalue weighted by molar-refractivity contribution is 0.0473. The summed E-state index contributed by atoms with van der Waals surface area (Å²) in [7, 11) is 1.84. The number of carbonyl (C=O) groups excluding carboxylic acids is 1. The normalized spacial score (nSPS) is 13.6. The van der Waals surface area contributed by atoms with Gasteiger partial charge in [0.15, 0.2) is 0 Å². The molecule has 1 N–H and O–H groups in total. The molecule has 0 atom stereocenters. The summed E-state index contributed by atoms with van der Waals surface area (Å²) in [5, 5.41) is 3.00. The highest BCUT2D eigenvalue weighted by molar-refractivity contribution is 5.89. The number of nitrogens with one attached hydrogen (secondary N) is 1. The van der Waals surface area contributed by atoms with Crippen molar-refractivity contribution in [2.24, 2.45) is 0 Å². The first-order valence-corrected chi connectivity index (χ1v) is 10.8. The number of rotatable bonds is 5. The molecule has 0 radical (unpaired) electrons. The Morgan fingerprint density at radius 2 is 1.43 bits per heavy atom. The van der Waals surface area contributed by atoms with Crippen molar-refractivity contribution in [3.8, 4) is 0 Å². The van der Waals surface area contributed by atoms with Crippen LogP contribution in [0, 0.1) is 0 Å². The van der Waals surface area contributed by atoms with E-state index in [-0.39, 0.29) is 5.97 Å². The van der Waals surface area contributed by atoms with E-state index in [1.165, 1.54) is 32.1 Å². The SMILES string of the molecule is CNc1ccc(C(=O)OCc2ccccc2)cc1.c1ccc(C2CCCCC2)cc1. The van der Waals surface area contributed by atoms with Gasteiger partial charge in [0.2, 0.25) is 0 Å². The smallest absolute Gasteiger partial charge is 0.338 e. The van der Waals surface area contributed by atoms with Crippen molar-refractivity contribution in [3.63, 3.8) is 0 Å². The fourth-order valence-electron chi connectivity index (χ4n) is 3.74. The third kappa shape index (κ3) is 6.77. The van der Waals surface area contributed by atoms with Crippen molar-refractivity contribution in [1.29, 1.82) is 0 Å². The zero-order valence-electron chi connectivity index (χ0n) is 17.7. The van der Waals surface area contributed by atoms with Gasteiger partial charge in [0.1, 0.15) is 6.61 Å². The van der Waals surface area contributed by atoms with Crippen molar-refractivity contribution in [1.82, 2.24) is 0 Å². The van der Waals surface area contributed by atoms with E-state index < -0.39 is 0 Å². The molecule has 1 fully saturated rings. The number of anilines is 1. The zero-order valence-corrected chi connectivity index (χ0v) is 17.7. The van der Waals surface area contributed by atoms with Crippen molar-refractivity contribution in [2.45, 2.75) is 44.6 Å². The molecular formula is C27H31NO2. The molecule has 156 valence electrons. The minimum Gasteiger partial charge on any atom is -0.457 e. The second-order valence-electron chi connectivity index (χ2n) is 7.63. The lowest BCUT2D eigenvalue weighted by Gasteiger charge is -2.21. The Morgan fingerprint density at radius 1 is 0.833 bits per heavy atom. The van der Waals surface area contributed by atoms with Gasteiger partial charge in [-0.05, 0) is 54.2 Å². The Balaban J connectivity index is 0.000000184. The van der Waals surface area contributed by atoms with E-state index in [9.17, 15) is 4.79 Å². The zero-order chi connectivity index (χ0) is 21.0. The summed E-state index contributed by atoms with van der Waals surface area (Å²) in [6.07, 6.45) is 7.12. The lowest BCUT2D eigenvalue weighted by Crippen LogP contribution is -2.05. The number of hydrogen-bond donors (Lipinski definition) is 1. The van der Waals surface area contributed by atoms with Gasteiger partial charge in [-0.1, -0.05) is 79.9 Å². The maximum Gasteiger partial charge on any atom is 0.338 e. The fraction of sp³-hybridized carbons (Fsp3) is 0.296. The highest BCUT2D eigenvalue weighted by Crippen LogP contribution is 2.32. The van der Waals surface area contributed by atoms with Gasteiger partial charge in [0.25, 0.3) is 0 Å². The molecule has 0 amide bonds. The quantitative estimate of drug-likeness (QED) is 0.477. The number of benzene rings is 3. The molecule has 0 aromatic heterocycles. The second-order valence-corrected chi connectivity index (χ2v) is 7.63. The Bertz CT molecular complexity index is 870. The summed E-state index contributed by atoms with van der Waals surface area (Å²) in [5.41, 5.74) is 4.06. The van der Waals surface area contributed by atoms with Gasteiger partial charge in [-0.2, -0.15) is 0 Å². The van der Waals surface area contributed by atoms with Gasteiger partial charge >= 0.3 is 5.97 Å². The molecule has 0 bridgehead atoms. The van der Waals surface area contributed by atoms with Crippen LogP contribution in [0.5, 0.6) is 0 Å². The summed E-state index contributed by atoms with van der Waals surface area (Å²) >= 11 is 0. The predicted octanol–water partition coefficient (Wildman–Crippen LogP) is 6.82. The van der Waals surface area contributed by atoms with E-state index in [0.29, 0.717) is 12.2 Å². The molecule has 30 heavy (non-hydrogen) atoms. The Kier molecular flexibility index (Phi) is 8.52. The van der Waals surface area contributed by atoms with Gasteiger partial charge in [-0.3, -0.25) is 0 Å². The molecule has 1 aliphatic rings. The molecule has 3 aromatic carbocycles. The van der Waals surface area contributed by atoms with Crippen LogP contribution in [-0.4, -0.2) is 13.0 Å². The van der Waals surface area contributed by atoms with Crippen LogP contribution in [0.25, 0.3) is 0 Å². The molecule has 3 aromatic rings. The summed E-state index contributed by atoms with van der Waals surface area (Å²) in [6.45, 7) is 0.299. The van der Waals surface area contributed by atoms with E-state index in [1.807, 2.05) is 49.5 Å². The van der Waals surface area contributed by atoms with Crippen LogP contribution in [-0.2, 0) is 11.3 Å². The minimum absolute atomic E-state index is 0.299. The van der Waals surface area contributed by atoms with Crippen LogP contribution >= 0.6 is 0 Å². The molecule has 1 aliphatic carbocycles. The largest absolute Gasteiger partial charge is 0.457 e. The Hall–Kier alpha value is -3.07. The van der Waals surface area contributed by atoms with E-state index >= 15 is 0 Å². The molecule has 3 heteroatoms. The maximum absolute atomic E-state index is 11.8. The average molecular weight is 402 g/mol. The molecule has 3 nitrogen and oxygen atoms in total. The first kappa shape index (κ1) is 21.6. The van der Waals surface area contributed by atoms with Crippen molar-refractivity contribution < 1.29 is 9.53 Å². The van der Waals surface area contributed by atoms with Crippen molar-refractivity contribution in [3.05, 3.63) is 102 Å². The van der Waals surface area contributed by atoms with Crippen LogP contribution in [0.4, 0.5) is 5.69 Å². The molecule has 0 saturated heterocycles. The topological polar surface area (TPSA) is 38.3 Å². The van der Waals surface area contributed by atoms with Crippen LogP contribution in [0.3, 0.4) is 0 Å². The number of carbonyl (C=O) groups is 1. The van der Waals surface area contributed by atoms with Crippen LogP contribution in [0.1, 0.15) is 59.5 Å². The molecule has 0 spiro atoms. The van der Waals surface area contributed by atoms with Gasteiger partial charge in [-0.15, -0.1) is 0 Å². The molecule has 1 saturated carbocycles. The Morgan fingerprint density at radius 3 is 2.03 bits per heavy atom. The highest BCUT2D eigenvalue weighted by atomic mass is 16.5. The first-order chi connectivity index (χ1) is 14.8. The predicted molar refractivity (Wildman–Crippen MR) is 124 cm³/mol. The minimum atomic E-state index is -0.304. The maximum atomic E-state index is 11.8. The van der Waals surface area contributed by atoms with Crippen LogP contribution in [0.15, 0.2) is 84.9 Å². The molecule has 0 heterocycles. The number of hydrogen-bond acceptors (Lipinski definition) is 3. The van der Waals surface area contributed by atoms with Gasteiger partial charge in [0.05, 0.1) is 5.56 Å². The van der Waals surface area contributed by atoms with Gasteiger partial charge in [0, 0.05) is 12.7 Å². The summed E-state index contributed by atoms with van der Waals surface area (Å²) in [4.78, 5) is 11.8. The first-order valence-electron chi connectivity index (χ1n) is 10.8. The van der Waals surface area contributed by atoms with Crippen LogP contribution in [0.2, 0.25) is 0 Å². The lowest BCUT2D eigenvalue weighted by atomic mass is 9.84. The number of ether oxygens (including phenoxy) is 1. The summed E-state index contributed by atoms with van der Waals surface area (Å²) < 4.78 is 5.23. The third-order valence-corrected chi connectivity index (χ3v) is 5.50. The average Bonchev–Trinajstić information content (AvgIpc) is 2.85. The summed E-state index contributed by atoms with van der Waals surface area (Å²) in [6, 6.07) is 27.8. The summed E-state index contributed by atoms with van der Waals surface area (Å²) in [5.74, 6) is 0.557. The van der Waals surface area contributed by atoms with E-state index in [0.717, 1.165) is 17.2 Å². The van der Waals surface area contributed by atoms with Gasteiger partial charge in [-0.25, -0.2) is 4.79 Å². The fourth-order valence-corrected chi connectivity index (χ4v) is 3.74. The molecular weight excluding hydrogens is 370 g/mol. The number of esters is 1. The molecule has 0 unspecified atom stereocenters. The van der Waals surface area contributed by atoms with E-state index in [2.05, 4.69) is 35.6 Å². The monoisotopic (exact) mass is 401 g/mol. The third-order valence-electron chi connectivity index (χ3n) is 5.50. The van der Waals surface area contributed by atoms with E-state index in [1.54, 1.807) is 17.7 Å². The standard InChI is InChI=1S/C15H15NO2.C12H16/c1-16-14-9-7-13(8-10-14)15(17)18-11-12-5-3-2-4-6-12;1-3-7-11(8-4-1)12-9-5-2-6-10-12/h2-10,16H,11H2,1H3;1,3-4,7-8,12H,2,5-6,9-10H2. The highest BCUT2D eigenvalue weighted by Gasteiger charge is 2.14. The second kappa shape index (κ2) is 11.8. The van der Waals surface area contributed by atoms with Crippen molar-refractivity contribution >= 4 is 11.7 Å². The van der Waals surface area contributed by atoms with Crippen LogP contribution < -0.4 is 5.32 Å². The van der Waals surface area contributed by atoms with Crippen molar-refractivity contribution in [2.75, 3.05) is 12.4 Å².